The third-order valence-corrected chi connectivity index (χ3v) is 3.87. The smallest absolute Gasteiger partial charge is 0.287 e. The number of aromatic nitrogens is 2. The van der Waals surface area contributed by atoms with E-state index in [2.05, 4.69) is 15.5 Å². The van der Waals surface area contributed by atoms with Crippen molar-refractivity contribution in [2.45, 2.75) is 12.5 Å². The zero-order valence-electron chi connectivity index (χ0n) is 14.2. The fourth-order valence-corrected chi connectivity index (χ4v) is 2.56. The zero-order valence-corrected chi connectivity index (χ0v) is 14.2. The number of benzene rings is 1. The Morgan fingerprint density at radius 3 is 2.48 bits per heavy atom. The van der Waals surface area contributed by atoms with Crippen molar-refractivity contribution in [3.05, 3.63) is 72.2 Å². The van der Waals surface area contributed by atoms with Crippen LogP contribution in [0.2, 0.25) is 0 Å². The molecular formula is C19H16N4O4. The molecule has 0 aliphatic heterocycles. The number of amides is 2. The van der Waals surface area contributed by atoms with Gasteiger partial charge in [0.25, 0.3) is 11.8 Å². The van der Waals surface area contributed by atoms with E-state index in [4.69, 9.17) is 10.3 Å². The number of pyridine rings is 1. The second kappa shape index (κ2) is 8.05. The summed E-state index contributed by atoms with van der Waals surface area (Å²) in [5.74, 6) is -2.68. The Morgan fingerprint density at radius 2 is 1.81 bits per heavy atom. The summed E-state index contributed by atoms with van der Waals surface area (Å²) in [6.07, 6.45) is 2.98. The molecule has 0 fully saturated rings. The number of nitrogens with zero attached hydrogens (tertiary/aromatic N) is 2. The maximum atomic E-state index is 12.7. The van der Waals surface area contributed by atoms with Crippen molar-refractivity contribution in [2.24, 2.45) is 5.73 Å². The SMILES string of the molecule is NC(=O)C(=O)C(Cc1ccccc1)NC(=O)c1nocc1-c1ccccn1. The quantitative estimate of drug-likeness (QED) is 0.605. The highest BCUT2D eigenvalue weighted by Crippen LogP contribution is 2.20. The number of rotatable bonds is 7. The van der Waals surface area contributed by atoms with Gasteiger partial charge in [-0.1, -0.05) is 41.6 Å². The van der Waals surface area contributed by atoms with E-state index >= 15 is 0 Å². The van der Waals surface area contributed by atoms with Crippen molar-refractivity contribution in [3.63, 3.8) is 0 Å². The van der Waals surface area contributed by atoms with Crippen LogP contribution in [0, 0.1) is 0 Å². The molecule has 0 aliphatic rings. The van der Waals surface area contributed by atoms with Gasteiger partial charge in [-0.2, -0.15) is 0 Å². The second-order valence-electron chi connectivity index (χ2n) is 5.74. The van der Waals surface area contributed by atoms with Gasteiger partial charge >= 0.3 is 0 Å². The molecule has 27 heavy (non-hydrogen) atoms. The molecule has 0 saturated carbocycles. The van der Waals surface area contributed by atoms with Crippen LogP contribution in [-0.4, -0.2) is 33.8 Å². The summed E-state index contributed by atoms with van der Waals surface area (Å²) in [4.78, 5) is 40.3. The van der Waals surface area contributed by atoms with Gasteiger partial charge in [-0.3, -0.25) is 19.4 Å². The van der Waals surface area contributed by atoms with E-state index in [0.717, 1.165) is 5.56 Å². The molecule has 3 N–H and O–H groups in total. The summed E-state index contributed by atoms with van der Waals surface area (Å²) in [7, 11) is 0. The second-order valence-corrected chi connectivity index (χ2v) is 5.74. The van der Waals surface area contributed by atoms with Crippen LogP contribution >= 0.6 is 0 Å². The van der Waals surface area contributed by atoms with Crippen molar-refractivity contribution >= 4 is 17.6 Å². The van der Waals surface area contributed by atoms with E-state index < -0.39 is 23.6 Å². The molecule has 8 nitrogen and oxygen atoms in total. The normalized spacial score (nSPS) is 11.6. The van der Waals surface area contributed by atoms with Crippen molar-refractivity contribution in [3.8, 4) is 11.3 Å². The summed E-state index contributed by atoms with van der Waals surface area (Å²) >= 11 is 0. The minimum absolute atomic E-state index is 0.0379. The maximum Gasteiger partial charge on any atom is 0.287 e. The van der Waals surface area contributed by atoms with Crippen molar-refractivity contribution in [2.75, 3.05) is 0 Å². The van der Waals surface area contributed by atoms with Gasteiger partial charge < -0.3 is 15.6 Å². The highest BCUT2D eigenvalue weighted by atomic mass is 16.5. The number of nitrogens with one attached hydrogen (secondary N) is 1. The molecule has 0 aliphatic carbocycles. The minimum atomic E-state index is -1.12. The Hall–Kier alpha value is -3.81. The van der Waals surface area contributed by atoms with Crippen LogP contribution in [0.5, 0.6) is 0 Å². The summed E-state index contributed by atoms with van der Waals surface area (Å²) in [5.41, 5.74) is 6.71. The van der Waals surface area contributed by atoms with Gasteiger partial charge in [0.2, 0.25) is 5.78 Å². The first-order valence-corrected chi connectivity index (χ1v) is 8.10. The topological polar surface area (TPSA) is 128 Å². The van der Waals surface area contributed by atoms with E-state index in [1.54, 1.807) is 48.7 Å². The number of Topliss-reactive ketones (excluding diaryl/α,β-unsaturated/α-hetero) is 1. The monoisotopic (exact) mass is 364 g/mol. The van der Waals surface area contributed by atoms with E-state index in [-0.39, 0.29) is 12.1 Å². The molecule has 1 unspecified atom stereocenters. The molecule has 1 atom stereocenters. The molecule has 0 radical (unpaired) electrons. The number of primary amides is 1. The van der Waals surface area contributed by atoms with Crippen LogP contribution in [0.4, 0.5) is 0 Å². The van der Waals surface area contributed by atoms with Gasteiger partial charge in [0.1, 0.15) is 12.3 Å². The molecule has 136 valence electrons. The van der Waals surface area contributed by atoms with E-state index in [1.807, 2.05) is 6.07 Å². The number of hydrogen-bond acceptors (Lipinski definition) is 6. The zero-order chi connectivity index (χ0) is 19.2. The Labute approximate surface area is 154 Å². The van der Waals surface area contributed by atoms with E-state index in [9.17, 15) is 14.4 Å². The summed E-state index contributed by atoms with van der Waals surface area (Å²) in [5, 5.41) is 6.22. The summed E-state index contributed by atoms with van der Waals surface area (Å²) in [6.45, 7) is 0. The first-order chi connectivity index (χ1) is 13.1. The average molecular weight is 364 g/mol. The largest absolute Gasteiger partial charge is 0.363 e. The molecule has 2 amide bonds. The maximum absolute atomic E-state index is 12.7. The van der Waals surface area contributed by atoms with Gasteiger partial charge in [-0.05, 0) is 17.7 Å². The lowest BCUT2D eigenvalue weighted by Crippen LogP contribution is -2.47. The molecule has 0 spiro atoms. The highest BCUT2D eigenvalue weighted by Gasteiger charge is 2.28. The molecule has 2 aromatic heterocycles. The lowest BCUT2D eigenvalue weighted by Gasteiger charge is -2.16. The van der Waals surface area contributed by atoms with E-state index in [1.165, 1.54) is 6.26 Å². The van der Waals surface area contributed by atoms with Crippen LogP contribution in [0.1, 0.15) is 16.1 Å². The molecule has 0 bridgehead atoms. The van der Waals surface area contributed by atoms with Crippen LogP contribution < -0.4 is 11.1 Å². The van der Waals surface area contributed by atoms with Gasteiger partial charge in [0.05, 0.1) is 11.3 Å². The molecule has 3 rings (SSSR count). The summed E-state index contributed by atoms with van der Waals surface area (Å²) in [6, 6.07) is 13.0. The third kappa shape index (κ3) is 4.24. The van der Waals surface area contributed by atoms with Crippen molar-refractivity contribution in [1.82, 2.24) is 15.5 Å². The van der Waals surface area contributed by atoms with Gasteiger partial charge in [-0.15, -0.1) is 0 Å². The lowest BCUT2D eigenvalue weighted by molar-refractivity contribution is -0.137. The molecular weight excluding hydrogens is 348 g/mol. The number of nitrogens with two attached hydrogens (primary N) is 1. The Balaban J connectivity index is 1.84. The number of carbonyl (C=O) groups is 3. The van der Waals surface area contributed by atoms with Crippen LogP contribution in [0.15, 0.2) is 65.5 Å². The molecule has 8 heteroatoms. The van der Waals surface area contributed by atoms with Crippen LogP contribution in [-0.2, 0) is 16.0 Å². The number of carbonyl (C=O) groups excluding carboxylic acids is 3. The van der Waals surface area contributed by atoms with Gasteiger partial charge in [0, 0.05) is 12.6 Å². The molecule has 2 heterocycles. The lowest BCUT2D eigenvalue weighted by atomic mass is 10.0. The Kier molecular flexibility index (Phi) is 5.36. The van der Waals surface area contributed by atoms with Gasteiger partial charge in [-0.25, -0.2) is 0 Å². The third-order valence-electron chi connectivity index (χ3n) is 3.87. The minimum Gasteiger partial charge on any atom is -0.363 e. The fourth-order valence-electron chi connectivity index (χ4n) is 2.56. The molecule has 1 aromatic carbocycles. The first kappa shape index (κ1) is 18.0. The number of ketones is 1. The predicted octanol–water partition coefficient (Wildman–Crippen LogP) is 1.13. The predicted molar refractivity (Wildman–Crippen MR) is 95.3 cm³/mol. The Bertz CT molecular complexity index is 954. The molecule has 0 saturated heterocycles. The standard InChI is InChI=1S/C19H16N4O4/c20-18(25)17(24)15(10-12-6-2-1-3-7-12)22-19(26)16-13(11-27-23-16)14-8-4-5-9-21-14/h1-9,11,15H,10H2,(H2,20,25)(H,22,26). The van der Waals surface area contributed by atoms with Crippen molar-refractivity contribution in [1.29, 1.82) is 0 Å². The van der Waals surface area contributed by atoms with Gasteiger partial charge in [0.15, 0.2) is 5.69 Å². The summed E-state index contributed by atoms with van der Waals surface area (Å²) < 4.78 is 4.90. The highest BCUT2D eigenvalue weighted by molar-refractivity contribution is 6.38. The van der Waals surface area contributed by atoms with Crippen molar-refractivity contribution < 1.29 is 18.9 Å². The Morgan fingerprint density at radius 1 is 1.07 bits per heavy atom. The fraction of sp³-hybridized carbons (Fsp3) is 0.105. The molecule has 3 aromatic rings. The number of hydrogen-bond donors (Lipinski definition) is 2. The van der Waals surface area contributed by atoms with E-state index in [0.29, 0.717) is 11.3 Å². The average Bonchev–Trinajstić information content (AvgIpc) is 3.18. The van der Waals surface area contributed by atoms with Crippen LogP contribution in [0.3, 0.4) is 0 Å². The first-order valence-electron chi connectivity index (χ1n) is 8.10. The van der Waals surface area contributed by atoms with Crippen LogP contribution in [0.25, 0.3) is 11.3 Å².